The van der Waals surface area contributed by atoms with Gasteiger partial charge in [-0.1, -0.05) is 18.5 Å². The van der Waals surface area contributed by atoms with Gasteiger partial charge in [0.25, 0.3) is 0 Å². The van der Waals surface area contributed by atoms with E-state index in [2.05, 4.69) is 21.4 Å². The third kappa shape index (κ3) is 3.76. The number of hydrogen-bond acceptors (Lipinski definition) is 3. The Bertz CT molecular complexity index is 974. The van der Waals surface area contributed by atoms with Crippen LogP contribution in [0.1, 0.15) is 44.1 Å². The molecule has 1 aliphatic rings. The zero-order valence-corrected chi connectivity index (χ0v) is 17.0. The summed E-state index contributed by atoms with van der Waals surface area (Å²) in [6.45, 7) is 2.04. The van der Waals surface area contributed by atoms with Gasteiger partial charge in [0.05, 0.1) is 6.33 Å². The van der Waals surface area contributed by atoms with Crippen molar-refractivity contribution in [3.63, 3.8) is 0 Å². The van der Waals surface area contributed by atoms with Gasteiger partial charge in [-0.15, -0.1) is 0 Å². The maximum absolute atomic E-state index is 12.7. The predicted molar refractivity (Wildman–Crippen MR) is 112 cm³/mol. The van der Waals surface area contributed by atoms with Gasteiger partial charge in [0.2, 0.25) is 5.91 Å². The van der Waals surface area contributed by atoms with Crippen LogP contribution in [0.5, 0.6) is 0 Å². The molecule has 4 rings (SSSR count). The van der Waals surface area contributed by atoms with Gasteiger partial charge in [0.15, 0.2) is 5.65 Å². The second kappa shape index (κ2) is 7.92. The van der Waals surface area contributed by atoms with E-state index in [9.17, 15) is 4.79 Å². The van der Waals surface area contributed by atoms with Crippen molar-refractivity contribution in [1.29, 1.82) is 0 Å². The summed E-state index contributed by atoms with van der Waals surface area (Å²) >= 11 is 5.91. The van der Waals surface area contributed by atoms with Crippen LogP contribution in [0.3, 0.4) is 0 Å². The van der Waals surface area contributed by atoms with Crippen molar-refractivity contribution >= 4 is 34.4 Å². The van der Waals surface area contributed by atoms with Gasteiger partial charge < -0.3 is 9.88 Å². The summed E-state index contributed by atoms with van der Waals surface area (Å²) in [6, 6.07) is 9.37. The van der Waals surface area contributed by atoms with Crippen molar-refractivity contribution in [3.8, 4) is 0 Å². The zero-order chi connectivity index (χ0) is 19.7. The molecule has 1 amide bonds. The Morgan fingerprint density at radius 1 is 1.14 bits per heavy atom. The van der Waals surface area contributed by atoms with E-state index in [1.165, 1.54) is 5.56 Å². The van der Waals surface area contributed by atoms with Crippen molar-refractivity contribution in [3.05, 3.63) is 53.4 Å². The number of aryl methyl sites for hydroxylation is 1. The van der Waals surface area contributed by atoms with E-state index < -0.39 is 0 Å². The van der Waals surface area contributed by atoms with Crippen molar-refractivity contribution in [1.82, 2.24) is 14.5 Å². The number of amides is 1. The molecule has 2 aromatic heterocycles. The number of carbonyl (C=O) groups is 1. The van der Waals surface area contributed by atoms with E-state index in [0.29, 0.717) is 16.9 Å². The number of nitrogens with zero attached hydrogens (tertiary/aromatic N) is 3. The average molecular weight is 397 g/mol. The highest BCUT2D eigenvalue weighted by atomic mass is 35.5. The normalized spacial score (nSPS) is 20.8. The maximum Gasteiger partial charge on any atom is 0.227 e. The van der Waals surface area contributed by atoms with E-state index in [-0.39, 0.29) is 11.8 Å². The lowest BCUT2D eigenvalue weighted by Crippen LogP contribution is -2.29. The highest BCUT2D eigenvalue weighted by Crippen LogP contribution is 2.40. The van der Waals surface area contributed by atoms with Crippen molar-refractivity contribution in [2.45, 2.75) is 38.5 Å². The molecule has 6 heteroatoms. The molecule has 0 aliphatic heterocycles. The predicted octanol–water partition coefficient (Wildman–Crippen LogP) is 5.17. The Morgan fingerprint density at radius 3 is 2.57 bits per heavy atom. The summed E-state index contributed by atoms with van der Waals surface area (Å²) in [4.78, 5) is 21.7. The van der Waals surface area contributed by atoms with Gasteiger partial charge in [0.1, 0.15) is 5.52 Å². The molecule has 5 nitrogen and oxygen atoms in total. The monoisotopic (exact) mass is 396 g/mol. The number of anilines is 1. The molecule has 28 heavy (non-hydrogen) atoms. The van der Waals surface area contributed by atoms with Gasteiger partial charge in [-0.05, 0) is 73.4 Å². The number of aromatic nitrogens is 3. The van der Waals surface area contributed by atoms with E-state index in [1.54, 1.807) is 12.1 Å². The highest BCUT2D eigenvalue weighted by molar-refractivity contribution is 6.30. The summed E-state index contributed by atoms with van der Waals surface area (Å²) < 4.78 is 1.97. The SMILES string of the molecule is C[C@@H](C(=O)Nc1ccc(Cl)cc1)[C@H]1CC[C@@H](c2ccnc3c2ncn3C)CC1. The molecule has 0 radical (unpaired) electrons. The molecule has 1 N–H and O–H groups in total. The summed E-state index contributed by atoms with van der Waals surface area (Å²) in [5.41, 5.74) is 4.05. The maximum atomic E-state index is 12.7. The smallest absolute Gasteiger partial charge is 0.227 e. The van der Waals surface area contributed by atoms with Crippen LogP contribution in [0, 0.1) is 11.8 Å². The Balaban J connectivity index is 1.39. The molecule has 1 atom stereocenters. The van der Waals surface area contributed by atoms with Crippen LogP contribution in [0.4, 0.5) is 5.69 Å². The van der Waals surface area contributed by atoms with Crippen LogP contribution in [-0.2, 0) is 11.8 Å². The quantitative estimate of drug-likeness (QED) is 0.661. The second-order valence-electron chi connectivity index (χ2n) is 7.82. The average Bonchev–Trinajstić information content (AvgIpc) is 3.10. The van der Waals surface area contributed by atoms with Crippen molar-refractivity contribution in [2.24, 2.45) is 18.9 Å². The second-order valence-corrected chi connectivity index (χ2v) is 8.26. The number of benzene rings is 1. The lowest BCUT2D eigenvalue weighted by Gasteiger charge is -2.32. The molecule has 3 aromatic rings. The number of pyridine rings is 1. The fourth-order valence-electron chi connectivity index (χ4n) is 4.31. The summed E-state index contributed by atoms with van der Waals surface area (Å²) in [6.07, 6.45) is 7.98. The molecule has 1 fully saturated rings. The molecule has 1 aromatic carbocycles. The number of rotatable bonds is 4. The van der Waals surface area contributed by atoms with Gasteiger partial charge >= 0.3 is 0 Å². The molecule has 0 saturated heterocycles. The number of imidazole rings is 1. The third-order valence-electron chi connectivity index (χ3n) is 6.07. The molecule has 0 bridgehead atoms. The van der Waals surface area contributed by atoms with E-state index in [1.807, 2.05) is 43.2 Å². The summed E-state index contributed by atoms with van der Waals surface area (Å²) in [7, 11) is 1.98. The first kappa shape index (κ1) is 18.9. The largest absolute Gasteiger partial charge is 0.326 e. The van der Waals surface area contributed by atoms with E-state index >= 15 is 0 Å². The Hall–Kier alpha value is -2.40. The lowest BCUT2D eigenvalue weighted by molar-refractivity contribution is -0.121. The van der Waals surface area contributed by atoms with Crippen molar-refractivity contribution < 1.29 is 4.79 Å². The van der Waals surface area contributed by atoms with Gasteiger partial charge in [-0.2, -0.15) is 0 Å². The first-order valence-corrected chi connectivity index (χ1v) is 10.2. The van der Waals surface area contributed by atoms with Gasteiger partial charge in [-0.25, -0.2) is 9.97 Å². The highest BCUT2D eigenvalue weighted by Gasteiger charge is 2.30. The fourth-order valence-corrected chi connectivity index (χ4v) is 4.44. The van der Waals surface area contributed by atoms with Crippen LogP contribution in [0.15, 0.2) is 42.9 Å². The van der Waals surface area contributed by atoms with E-state index in [0.717, 1.165) is 42.5 Å². The number of hydrogen-bond donors (Lipinski definition) is 1. The number of carbonyl (C=O) groups excluding carboxylic acids is 1. The molecular weight excluding hydrogens is 372 g/mol. The molecule has 0 spiro atoms. The number of fused-ring (bicyclic) bond motifs is 1. The van der Waals surface area contributed by atoms with Crippen LogP contribution in [-0.4, -0.2) is 20.4 Å². The van der Waals surface area contributed by atoms with Crippen LogP contribution >= 0.6 is 11.6 Å². The minimum atomic E-state index is -0.0102. The van der Waals surface area contributed by atoms with Crippen molar-refractivity contribution in [2.75, 3.05) is 5.32 Å². The molecule has 1 aliphatic carbocycles. The number of nitrogens with one attached hydrogen (secondary N) is 1. The minimum absolute atomic E-state index is 0.0102. The van der Waals surface area contributed by atoms with Gasteiger partial charge in [0, 0.05) is 29.9 Å². The number of halogens is 1. The van der Waals surface area contributed by atoms with E-state index in [4.69, 9.17) is 11.6 Å². The molecule has 2 heterocycles. The molecule has 0 unspecified atom stereocenters. The molecule has 1 saturated carbocycles. The third-order valence-corrected chi connectivity index (χ3v) is 6.33. The Labute approximate surface area is 170 Å². The summed E-state index contributed by atoms with van der Waals surface area (Å²) in [5, 5.41) is 3.69. The zero-order valence-electron chi connectivity index (χ0n) is 16.2. The topological polar surface area (TPSA) is 59.8 Å². The first-order chi connectivity index (χ1) is 13.5. The molecule has 146 valence electrons. The lowest BCUT2D eigenvalue weighted by atomic mass is 9.74. The van der Waals surface area contributed by atoms with Gasteiger partial charge in [-0.3, -0.25) is 4.79 Å². The van der Waals surface area contributed by atoms with Crippen LogP contribution in [0.2, 0.25) is 5.02 Å². The Morgan fingerprint density at radius 2 is 1.86 bits per heavy atom. The summed E-state index contributed by atoms with van der Waals surface area (Å²) in [5.74, 6) is 0.971. The minimum Gasteiger partial charge on any atom is -0.326 e. The Kier molecular flexibility index (Phi) is 5.36. The fraction of sp³-hybridized carbons (Fsp3) is 0.409. The van der Waals surface area contributed by atoms with Crippen LogP contribution < -0.4 is 5.32 Å². The molecular formula is C22H25ClN4O. The van der Waals surface area contributed by atoms with Crippen LogP contribution in [0.25, 0.3) is 11.2 Å². The first-order valence-electron chi connectivity index (χ1n) is 9.85. The standard InChI is InChI=1S/C22H25ClN4O/c1-14(22(28)26-18-9-7-17(23)8-10-18)15-3-5-16(6-4-15)19-11-12-24-21-20(19)25-13-27(21)2/h7-16H,3-6H2,1-2H3,(H,26,28)/t14-,15-,16+/m1/s1.